The fourth-order valence-electron chi connectivity index (χ4n) is 0. The molecular formula is C2H10Cl2P2. The smallest absolute Gasteiger partial charge is 0.0348 e. The summed E-state index contributed by atoms with van der Waals surface area (Å²) < 4.78 is 0. The Morgan fingerprint density at radius 3 is 1.67 bits per heavy atom. The van der Waals surface area contributed by atoms with Gasteiger partial charge in [-0.2, -0.15) is 0 Å². The number of rotatable bonds is 1. The minimum atomic E-state index is 0. The lowest BCUT2D eigenvalue weighted by Gasteiger charge is -1.69. The largest absolute Gasteiger partial charge is 0.147 e. The third-order valence-corrected chi connectivity index (χ3v) is 1.84. The van der Waals surface area contributed by atoms with E-state index in [1.807, 2.05) is 0 Å². The van der Waals surface area contributed by atoms with E-state index >= 15 is 0 Å². The Balaban J connectivity index is -0.0000000450. The second kappa shape index (κ2) is 16.1. The summed E-state index contributed by atoms with van der Waals surface area (Å²) in [6, 6.07) is 0. The standard InChI is InChI=1S/C2H8P2.2ClH/c1-2-4-3;;/h4H,2-3H2,1H3;2*1H. The maximum absolute atomic E-state index is 2.68. The van der Waals surface area contributed by atoms with E-state index in [1.54, 1.807) is 0 Å². The van der Waals surface area contributed by atoms with Crippen LogP contribution >= 0.6 is 42.0 Å². The molecule has 0 fully saturated rings. The Labute approximate surface area is 55.6 Å². The van der Waals surface area contributed by atoms with Gasteiger partial charge in [-0.1, -0.05) is 6.92 Å². The molecule has 0 nitrogen and oxygen atoms in total. The summed E-state index contributed by atoms with van der Waals surface area (Å²) in [6.07, 6.45) is 1.31. The second-order valence-electron chi connectivity index (χ2n) is 0.558. The van der Waals surface area contributed by atoms with Gasteiger partial charge >= 0.3 is 0 Å². The summed E-state index contributed by atoms with van der Waals surface area (Å²) in [6.45, 7) is 2.17. The van der Waals surface area contributed by atoms with Crippen molar-refractivity contribution in [1.82, 2.24) is 0 Å². The van der Waals surface area contributed by atoms with Crippen molar-refractivity contribution in [2.24, 2.45) is 0 Å². The van der Waals surface area contributed by atoms with Crippen LogP contribution in [0.4, 0.5) is 0 Å². The van der Waals surface area contributed by atoms with Crippen molar-refractivity contribution in [1.29, 1.82) is 0 Å². The molecule has 0 aromatic carbocycles. The van der Waals surface area contributed by atoms with Crippen LogP contribution < -0.4 is 0 Å². The molecule has 0 heterocycles. The third kappa shape index (κ3) is 18.0. The fraction of sp³-hybridized carbons (Fsp3) is 1.00. The molecule has 0 saturated carbocycles. The first-order chi connectivity index (χ1) is 1.91. The Bertz CT molecular complexity index is 11.5. The van der Waals surface area contributed by atoms with E-state index in [1.165, 1.54) is 6.16 Å². The van der Waals surface area contributed by atoms with E-state index in [4.69, 9.17) is 0 Å². The van der Waals surface area contributed by atoms with E-state index in [-0.39, 0.29) is 24.8 Å². The van der Waals surface area contributed by atoms with Gasteiger partial charge in [-0.15, -0.1) is 42.0 Å². The van der Waals surface area contributed by atoms with Crippen LogP contribution in [0.3, 0.4) is 0 Å². The molecule has 2 unspecified atom stereocenters. The molecule has 0 aliphatic heterocycles. The number of hydrogen-bond acceptors (Lipinski definition) is 0. The van der Waals surface area contributed by atoms with Crippen molar-refractivity contribution in [3.63, 3.8) is 0 Å². The molecule has 6 heavy (non-hydrogen) atoms. The minimum Gasteiger partial charge on any atom is -0.147 e. The Morgan fingerprint density at radius 1 is 1.50 bits per heavy atom. The SMILES string of the molecule is CCPP.Cl.Cl. The van der Waals surface area contributed by atoms with E-state index < -0.39 is 0 Å². The van der Waals surface area contributed by atoms with E-state index in [9.17, 15) is 0 Å². The topological polar surface area (TPSA) is 0 Å². The quantitative estimate of drug-likeness (QED) is 0.525. The van der Waals surface area contributed by atoms with Gasteiger partial charge in [0.25, 0.3) is 0 Å². The summed E-state index contributed by atoms with van der Waals surface area (Å²) in [5, 5.41) is 0. The number of hydrogen-bond donors (Lipinski definition) is 0. The van der Waals surface area contributed by atoms with Gasteiger partial charge in [-0.3, -0.25) is 0 Å². The summed E-state index contributed by atoms with van der Waals surface area (Å²) in [5.41, 5.74) is 0. The molecule has 0 aliphatic carbocycles. The lowest BCUT2D eigenvalue weighted by Crippen LogP contribution is -1.40. The first-order valence-electron chi connectivity index (χ1n) is 1.35. The average molecular weight is 167 g/mol. The fourth-order valence-corrected chi connectivity index (χ4v) is 0. The first-order valence-corrected chi connectivity index (χ1v) is 4.37. The molecule has 4 heteroatoms. The predicted octanol–water partition coefficient (Wildman–Crippen LogP) is 2.32. The van der Waals surface area contributed by atoms with Crippen LogP contribution in [0.5, 0.6) is 0 Å². The zero-order chi connectivity index (χ0) is 3.41. The van der Waals surface area contributed by atoms with Gasteiger partial charge < -0.3 is 0 Å². The molecule has 0 radical (unpaired) electrons. The van der Waals surface area contributed by atoms with Crippen molar-refractivity contribution in [3.05, 3.63) is 0 Å². The minimum absolute atomic E-state index is 0. The molecule has 0 saturated heterocycles. The highest BCUT2D eigenvalue weighted by atomic mass is 35.5. The van der Waals surface area contributed by atoms with E-state index in [0.717, 1.165) is 8.27 Å². The summed E-state index contributed by atoms with van der Waals surface area (Å²) >= 11 is 0. The van der Waals surface area contributed by atoms with Gasteiger partial charge in [-0.05, 0) is 6.16 Å². The van der Waals surface area contributed by atoms with Crippen LogP contribution in [-0.4, -0.2) is 6.16 Å². The van der Waals surface area contributed by atoms with Crippen LogP contribution in [0.2, 0.25) is 0 Å². The highest BCUT2D eigenvalue weighted by Gasteiger charge is 1.55. The number of halogens is 2. The molecule has 0 aromatic rings. The van der Waals surface area contributed by atoms with Gasteiger partial charge in [0.1, 0.15) is 0 Å². The van der Waals surface area contributed by atoms with E-state index in [2.05, 4.69) is 15.9 Å². The van der Waals surface area contributed by atoms with Crippen molar-refractivity contribution in [3.8, 4) is 0 Å². The van der Waals surface area contributed by atoms with Crippen LogP contribution in [0, 0.1) is 0 Å². The van der Waals surface area contributed by atoms with Gasteiger partial charge in [0.05, 0.1) is 0 Å². The molecule has 0 aromatic heterocycles. The molecular weight excluding hydrogens is 157 g/mol. The van der Waals surface area contributed by atoms with Gasteiger partial charge in [-0.25, -0.2) is 0 Å². The van der Waals surface area contributed by atoms with Crippen molar-refractivity contribution < 1.29 is 0 Å². The molecule has 0 N–H and O–H groups in total. The van der Waals surface area contributed by atoms with Crippen molar-refractivity contribution in [2.45, 2.75) is 6.92 Å². The lowest BCUT2D eigenvalue weighted by molar-refractivity contribution is 1.53. The lowest BCUT2D eigenvalue weighted by atomic mass is 11.0. The van der Waals surface area contributed by atoms with Crippen LogP contribution in [0.15, 0.2) is 0 Å². The molecule has 2 atom stereocenters. The van der Waals surface area contributed by atoms with Crippen molar-refractivity contribution >= 4 is 42.0 Å². The normalized spacial score (nSPS) is 7.00. The zero-order valence-corrected chi connectivity index (χ0v) is 7.39. The van der Waals surface area contributed by atoms with Gasteiger partial charge in [0.2, 0.25) is 0 Å². The van der Waals surface area contributed by atoms with Crippen LogP contribution in [0.1, 0.15) is 6.92 Å². The predicted molar refractivity (Wildman–Crippen MR) is 43.1 cm³/mol. The zero-order valence-electron chi connectivity index (χ0n) is 3.60. The Morgan fingerprint density at radius 2 is 1.67 bits per heavy atom. The monoisotopic (exact) mass is 166 g/mol. The molecule has 0 spiro atoms. The molecule has 42 valence electrons. The third-order valence-electron chi connectivity index (χ3n) is 0.204. The Hall–Kier alpha value is 1.44. The maximum atomic E-state index is 2.68. The second-order valence-corrected chi connectivity index (χ2v) is 2.90. The van der Waals surface area contributed by atoms with Gasteiger partial charge in [0, 0.05) is 0 Å². The maximum Gasteiger partial charge on any atom is -0.0348 e. The van der Waals surface area contributed by atoms with E-state index in [0.29, 0.717) is 0 Å². The highest BCUT2D eigenvalue weighted by Crippen LogP contribution is 2.16. The first kappa shape index (κ1) is 15.7. The summed E-state index contributed by atoms with van der Waals surface area (Å²) in [5.74, 6) is 0. The van der Waals surface area contributed by atoms with Gasteiger partial charge in [0.15, 0.2) is 0 Å². The average Bonchev–Trinajstić information content (AvgIpc) is 1.37. The van der Waals surface area contributed by atoms with Crippen LogP contribution in [0.25, 0.3) is 0 Å². The molecule has 0 bridgehead atoms. The molecule has 0 rings (SSSR count). The molecule has 0 aliphatic rings. The summed E-state index contributed by atoms with van der Waals surface area (Å²) in [4.78, 5) is 0. The Kier molecular flexibility index (Phi) is 42.0. The van der Waals surface area contributed by atoms with Crippen LogP contribution in [-0.2, 0) is 0 Å². The van der Waals surface area contributed by atoms with Crippen molar-refractivity contribution in [2.75, 3.05) is 6.16 Å². The highest BCUT2D eigenvalue weighted by molar-refractivity contribution is 8.02. The molecule has 0 amide bonds. The summed E-state index contributed by atoms with van der Waals surface area (Å²) in [7, 11) is 3.74.